The standard InChI is InChI=1S/C17H27NO3S.C10H13ClO2S.C10H15NO2S.C7H13ClO.HI/c1-8-10(2)14(6)17(19)18-22(20,21)16-12(4)9-11(3)13(5)15(16)7;2*1-6-5-7(2)10(14(11,12)13)9(4)8(6)3;1-4-5(2)6(3)7(8)9;/h9-10,14H,8H2,1-7H3,(H,18,19);5H,1-4H3;5H,1-4H3,(H2,11,12,13);5-6H,4H2,1-3H3;1H. The van der Waals surface area contributed by atoms with E-state index in [0.29, 0.717) is 28.2 Å². The summed E-state index contributed by atoms with van der Waals surface area (Å²) in [5.41, 5.74) is 10.4. The second kappa shape index (κ2) is 24.7. The largest absolute Gasteiger partial charge is 0.281 e. The van der Waals surface area contributed by atoms with Gasteiger partial charge in [-0.1, -0.05) is 72.6 Å². The highest BCUT2D eigenvalue weighted by molar-refractivity contribution is 14.0. The van der Waals surface area contributed by atoms with Gasteiger partial charge in [-0.3, -0.25) is 9.59 Å². The number of nitrogens with two attached hydrogens (primary N) is 1. The van der Waals surface area contributed by atoms with Gasteiger partial charge in [-0.15, -0.1) is 24.0 Å². The van der Waals surface area contributed by atoms with Crippen LogP contribution in [0.15, 0.2) is 32.9 Å². The van der Waals surface area contributed by atoms with Crippen LogP contribution in [0.1, 0.15) is 121 Å². The number of carbonyl (C=O) groups excluding carboxylic acids is 2. The first kappa shape index (κ1) is 60.0. The van der Waals surface area contributed by atoms with Gasteiger partial charge >= 0.3 is 0 Å². The summed E-state index contributed by atoms with van der Waals surface area (Å²) in [6.07, 6.45) is 1.84. The number of halogens is 3. The Kier molecular flexibility index (Phi) is 24.7. The van der Waals surface area contributed by atoms with Gasteiger partial charge in [0.1, 0.15) is 0 Å². The second-order valence-corrected chi connectivity index (χ2v) is 21.9. The fraction of sp³-hybridized carbons (Fsp3) is 0.545. The van der Waals surface area contributed by atoms with E-state index in [1.54, 1.807) is 48.5 Å². The Morgan fingerprint density at radius 3 is 1.15 bits per heavy atom. The van der Waals surface area contributed by atoms with E-state index in [0.717, 1.165) is 57.3 Å². The first-order valence-corrected chi connectivity index (χ1v) is 25.3. The number of carbonyl (C=O) groups is 2. The van der Waals surface area contributed by atoms with Crippen molar-refractivity contribution in [3.63, 3.8) is 0 Å². The molecule has 0 aliphatic heterocycles. The molecule has 0 radical (unpaired) electrons. The molecule has 0 aliphatic rings. The predicted molar refractivity (Wildman–Crippen MR) is 259 cm³/mol. The maximum atomic E-state index is 12.6. The highest BCUT2D eigenvalue weighted by Gasteiger charge is 2.28. The van der Waals surface area contributed by atoms with Gasteiger partial charge in [-0.25, -0.2) is 35.1 Å². The van der Waals surface area contributed by atoms with Crippen LogP contribution in [0.2, 0.25) is 0 Å². The molecule has 0 saturated carbocycles. The topological polar surface area (TPSA) is 175 Å². The van der Waals surface area contributed by atoms with E-state index in [9.17, 15) is 34.8 Å². The molecule has 3 rings (SSSR count). The van der Waals surface area contributed by atoms with Crippen molar-refractivity contribution in [1.82, 2.24) is 4.72 Å². The summed E-state index contributed by atoms with van der Waals surface area (Å²) in [7, 11) is -5.72. The van der Waals surface area contributed by atoms with Gasteiger partial charge in [0.2, 0.25) is 21.2 Å². The summed E-state index contributed by atoms with van der Waals surface area (Å²) >= 11 is 5.26. The summed E-state index contributed by atoms with van der Waals surface area (Å²) in [6, 6.07) is 5.54. The molecule has 1 amide bonds. The Balaban J connectivity index is 0. The molecule has 0 aliphatic carbocycles. The normalized spacial score (nSPS) is 13.3. The summed E-state index contributed by atoms with van der Waals surface area (Å²) < 4.78 is 72.8. The molecule has 3 N–H and O–H groups in total. The first-order valence-electron chi connectivity index (χ1n) is 19.6. The van der Waals surface area contributed by atoms with Crippen molar-refractivity contribution < 1.29 is 34.8 Å². The van der Waals surface area contributed by atoms with E-state index in [1.807, 2.05) is 87.4 Å². The quantitative estimate of drug-likeness (QED) is 0.149. The van der Waals surface area contributed by atoms with E-state index in [-0.39, 0.29) is 61.7 Å². The van der Waals surface area contributed by atoms with E-state index >= 15 is 0 Å². The van der Waals surface area contributed by atoms with Gasteiger partial charge in [-0.05, 0) is 173 Å². The minimum absolute atomic E-state index is 0. The SMILES string of the molecule is CCC(C)C(C)C(=O)Cl.CCC(C)C(C)C(=O)NS(=O)(=O)c1c(C)cc(C)c(C)c1C.Cc1cc(C)c(S(=O)(=O)Cl)c(C)c1C.Cc1cc(C)c(S(N)(=O)=O)c(C)c1C.I. The van der Waals surface area contributed by atoms with E-state index < -0.39 is 35.0 Å². The number of hydrogen-bond donors (Lipinski definition) is 2. The lowest BCUT2D eigenvalue weighted by Crippen LogP contribution is -2.37. The van der Waals surface area contributed by atoms with Gasteiger partial charge in [0.25, 0.3) is 19.1 Å². The van der Waals surface area contributed by atoms with Crippen LogP contribution in [0.25, 0.3) is 0 Å². The molecule has 342 valence electrons. The van der Waals surface area contributed by atoms with E-state index in [1.165, 1.54) is 0 Å². The van der Waals surface area contributed by atoms with Crippen LogP contribution in [0.3, 0.4) is 0 Å². The Hall–Kier alpha value is -2.08. The number of rotatable bonds is 10. The van der Waals surface area contributed by atoms with E-state index in [2.05, 4.69) is 11.6 Å². The monoisotopic (exact) mass is 1050 g/mol. The van der Waals surface area contributed by atoms with E-state index in [4.69, 9.17) is 27.4 Å². The molecule has 0 aromatic heterocycles. The highest BCUT2D eigenvalue weighted by atomic mass is 127. The average Bonchev–Trinajstić information content (AvgIpc) is 3.09. The van der Waals surface area contributed by atoms with Gasteiger partial charge in [-0.2, -0.15) is 0 Å². The minimum atomic E-state index is -3.85. The van der Waals surface area contributed by atoms with Crippen LogP contribution in [-0.4, -0.2) is 36.4 Å². The average molecular weight is 1050 g/mol. The summed E-state index contributed by atoms with van der Waals surface area (Å²) in [5.74, 6) is -0.220. The van der Waals surface area contributed by atoms with Gasteiger partial charge < -0.3 is 0 Å². The molecule has 0 bridgehead atoms. The number of benzene rings is 3. The van der Waals surface area contributed by atoms with Crippen LogP contribution in [0.4, 0.5) is 0 Å². The number of hydrogen-bond acceptors (Lipinski definition) is 8. The van der Waals surface area contributed by atoms with Crippen LogP contribution < -0.4 is 9.86 Å². The fourth-order valence-corrected chi connectivity index (χ4v) is 11.0. The third-order valence-electron chi connectivity index (χ3n) is 11.7. The van der Waals surface area contributed by atoms with Gasteiger partial charge in [0, 0.05) is 22.5 Å². The Morgan fingerprint density at radius 1 is 0.550 bits per heavy atom. The molecule has 10 nitrogen and oxygen atoms in total. The number of amides is 1. The Morgan fingerprint density at radius 2 is 0.850 bits per heavy atom. The number of aryl methyl sites for hydroxylation is 6. The maximum Gasteiger partial charge on any atom is 0.264 e. The smallest absolute Gasteiger partial charge is 0.264 e. The molecule has 16 heteroatoms. The Labute approximate surface area is 389 Å². The fourth-order valence-electron chi connectivity index (χ4n) is 6.47. The summed E-state index contributed by atoms with van der Waals surface area (Å²) in [5, 5.41) is 4.93. The third kappa shape index (κ3) is 16.6. The number of sulfonamides is 2. The van der Waals surface area contributed by atoms with Crippen molar-refractivity contribution in [2.75, 3.05) is 0 Å². The van der Waals surface area contributed by atoms with Gasteiger partial charge in [0.15, 0.2) is 0 Å². The molecule has 0 saturated heterocycles. The summed E-state index contributed by atoms with van der Waals surface area (Å²) in [6.45, 7) is 33.9. The molecular formula is C44H69Cl2IN2O8S3. The van der Waals surface area contributed by atoms with Crippen LogP contribution in [0, 0.1) is 107 Å². The summed E-state index contributed by atoms with van der Waals surface area (Å²) in [4.78, 5) is 23.5. The molecular weight excluding hydrogens is 979 g/mol. The molecule has 4 atom stereocenters. The molecule has 3 aromatic carbocycles. The van der Waals surface area contributed by atoms with Crippen LogP contribution in [-0.2, 0) is 38.7 Å². The maximum absolute atomic E-state index is 12.6. The van der Waals surface area contributed by atoms with Crippen molar-refractivity contribution in [1.29, 1.82) is 0 Å². The molecule has 0 spiro atoms. The van der Waals surface area contributed by atoms with Crippen LogP contribution >= 0.6 is 46.3 Å². The van der Waals surface area contributed by atoms with Gasteiger partial charge in [0.05, 0.1) is 14.7 Å². The molecule has 60 heavy (non-hydrogen) atoms. The van der Waals surface area contributed by atoms with Crippen molar-refractivity contribution in [2.45, 2.75) is 152 Å². The molecule has 0 fully saturated rings. The lowest BCUT2D eigenvalue weighted by Gasteiger charge is -2.20. The molecule has 0 heterocycles. The molecule has 3 aromatic rings. The third-order valence-corrected chi connectivity index (χ3v) is 16.4. The van der Waals surface area contributed by atoms with Crippen molar-refractivity contribution in [3.05, 3.63) is 85.0 Å². The zero-order valence-electron chi connectivity index (χ0n) is 38.7. The lowest BCUT2D eigenvalue weighted by atomic mass is 9.93. The number of nitrogens with one attached hydrogen (secondary N) is 1. The lowest BCUT2D eigenvalue weighted by molar-refractivity contribution is -0.124. The Bertz CT molecular complexity index is 2260. The predicted octanol–water partition coefficient (Wildman–Crippen LogP) is 10.9. The van der Waals surface area contributed by atoms with Crippen LogP contribution in [0.5, 0.6) is 0 Å². The van der Waals surface area contributed by atoms with Crippen molar-refractivity contribution >= 4 is 86.5 Å². The number of primary sulfonamides is 1. The zero-order valence-corrected chi connectivity index (χ0v) is 45.0. The van der Waals surface area contributed by atoms with Crippen molar-refractivity contribution in [3.8, 4) is 0 Å². The molecule has 4 unspecified atom stereocenters. The second-order valence-electron chi connectivity index (χ2n) is 15.9. The first-order chi connectivity index (χ1) is 26.6. The zero-order chi connectivity index (χ0) is 46.9. The van der Waals surface area contributed by atoms with Crippen molar-refractivity contribution in [2.24, 2.45) is 28.8 Å². The highest BCUT2D eigenvalue weighted by Crippen LogP contribution is 2.29. The minimum Gasteiger partial charge on any atom is -0.281 e.